The largest absolute Gasteiger partial charge is 0.497 e. The SMILES string of the molecule is COc1cccc(Oc2cccc(C3CC3N)c2)c1. The summed E-state index contributed by atoms with van der Waals surface area (Å²) in [6.45, 7) is 0. The fraction of sp³-hybridized carbons (Fsp3) is 0.250. The molecule has 2 aromatic rings. The molecule has 2 aromatic carbocycles. The van der Waals surface area contributed by atoms with Crippen molar-refractivity contribution in [1.29, 1.82) is 0 Å². The van der Waals surface area contributed by atoms with Gasteiger partial charge in [0.25, 0.3) is 0 Å². The summed E-state index contributed by atoms with van der Waals surface area (Å²) in [6, 6.07) is 16.0. The zero-order chi connectivity index (χ0) is 13.2. The molecule has 0 aliphatic heterocycles. The topological polar surface area (TPSA) is 44.5 Å². The second kappa shape index (κ2) is 4.94. The highest BCUT2D eigenvalue weighted by molar-refractivity contribution is 5.40. The van der Waals surface area contributed by atoms with Crippen molar-refractivity contribution in [3.63, 3.8) is 0 Å². The fourth-order valence-electron chi connectivity index (χ4n) is 2.21. The zero-order valence-corrected chi connectivity index (χ0v) is 10.9. The van der Waals surface area contributed by atoms with Crippen molar-refractivity contribution in [1.82, 2.24) is 0 Å². The lowest BCUT2D eigenvalue weighted by atomic mass is 10.1. The number of rotatable bonds is 4. The van der Waals surface area contributed by atoms with E-state index in [1.165, 1.54) is 5.56 Å². The molecule has 0 bridgehead atoms. The summed E-state index contributed by atoms with van der Waals surface area (Å²) >= 11 is 0. The monoisotopic (exact) mass is 255 g/mol. The fourth-order valence-corrected chi connectivity index (χ4v) is 2.21. The Labute approximate surface area is 113 Å². The van der Waals surface area contributed by atoms with E-state index in [-0.39, 0.29) is 0 Å². The van der Waals surface area contributed by atoms with Gasteiger partial charge in [0.05, 0.1) is 7.11 Å². The van der Waals surface area contributed by atoms with Crippen LogP contribution in [0.3, 0.4) is 0 Å². The third-order valence-electron chi connectivity index (χ3n) is 3.40. The van der Waals surface area contributed by atoms with Crippen LogP contribution >= 0.6 is 0 Å². The molecule has 0 radical (unpaired) electrons. The van der Waals surface area contributed by atoms with E-state index in [1.54, 1.807) is 7.11 Å². The molecule has 1 fully saturated rings. The third kappa shape index (κ3) is 2.71. The van der Waals surface area contributed by atoms with Gasteiger partial charge in [-0.05, 0) is 36.2 Å². The van der Waals surface area contributed by atoms with E-state index < -0.39 is 0 Å². The first-order valence-corrected chi connectivity index (χ1v) is 6.44. The summed E-state index contributed by atoms with van der Waals surface area (Å²) in [4.78, 5) is 0. The molecule has 0 spiro atoms. The predicted molar refractivity (Wildman–Crippen MR) is 74.8 cm³/mol. The molecule has 3 rings (SSSR count). The normalized spacial score (nSPS) is 20.9. The molecule has 3 heteroatoms. The average Bonchev–Trinajstić information content (AvgIpc) is 3.16. The molecular weight excluding hydrogens is 238 g/mol. The van der Waals surface area contributed by atoms with Gasteiger partial charge in [-0.1, -0.05) is 18.2 Å². The Bertz CT molecular complexity index is 582. The van der Waals surface area contributed by atoms with Crippen molar-refractivity contribution in [2.45, 2.75) is 18.4 Å². The molecule has 0 aromatic heterocycles. The van der Waals surface area contributed by atoms with Crippen molar-refractivity contribution in [3.8, 4) is 17.2 Å². The minimum atomic E-state index is 0.312. The van der Waals surface area contributed by atoms with E-state index in [0.29, 0.717) is 12.0 Å². The molecule has 2 atom stereocenters. The number of hydrogen-bond acceptors (Lipinski definition) is 3. The lowest BCUT2D eigenvalue weighted by Gasteiger charge is -2.08. The van der Waals surface area contributed by atoms with Gasteiger partial charge >= 0.3 is 0 Å². The van der Waals surface area contributed by atoms with E-state index in [4.69, 9.17) is 15.2 Å². The van der Waals surface area contributed by atoms with Crippen molar-refractivity contribution in [2.75, 3.05) is 7.11 Å². The highest BCUT2D eigenvalue weighted by Crippen LogP contribution is 2.40. The first-order chi connectivity index (χ1) is 9.26. The smallest absolute Gasteiger partial charge is 0.131 e. The van der Waals surface area contributed by atoms with Gasteiger partial charge in [0.2, 0.25) is 0 Å². The molecule has 98 valence electrons. The number of ether oxygens (including phenoxy) is 2. The van der Waals surface area contributed by atoms with Crippen molar-refractivity contribution >= 4 is 0 Å². The second-order valence-corrected chi connectivity index (χ2v) is 4.86. The average molecular weight is 255 g/mol. The quantitative estimate of drug-likeness (QED) is 0.911. The lowest BCUT2D eigenvalue weighted by Crippen LogP contribution is -2.00. The molecule has 3 nitrogen and oxygen atoms in total. The standard InChI is InChI=1S/C16H17NO2/c1-18-12-5-3-7-14(9-12)19-13-6-2-4-11(8-13)15-10-16(15)17/h2-9,15-16H,10,17H2,1H3. The maximum Gasteiger partial charge on any atom is 0.131 e. The lowest BCUT2D eigenvalue weighted by molar-refractivity contribution is 0.409. The van der Waals surface area contributed by atoms with Gasteiger partial charge < -0.3 is 15.2 Å². The summed E-state index contributed by atoms with van der Waals surface area (Å²) in [7, 11) is 1.65. The number of nitrogens with two attached hydrogens (primary N) is 1. The van der Waals surface area contributed by atoms with Crippen LogP contribution in [0.2, 0.25) is 0 Å². The van der Waals surface area contributed by atoms with E-state index >= 15 is 0 Å². The van der Waals surface area contributed by atoms with Crippen molar-refractivity contribution in [2.24, 2.45) is 5.73 Å². The van der Waals surface area contributed by atoms with Crippen LogP contribution in [0.4, 0.5) is 0 Å². The third-order valence-corrected chi connectivity index (χ3v) is 3.40. The maximum atomic E-state index is 5.88. The Kier molecular flexibility index (Phi) is 3.13. The molecule has 0 amide bonds. The summed E-state index contributed by atoms with van der Waals surface area (Å²) in [5, 5.41) is 0. The van der Waals surface area contributed by atoms with Crippen LogP contribution in [0, 0.1) is 0 Å². The molecule has 1 saturated carbocycles. The molecule has 0 heterocycles. The molecule has 19 heavy (non-hydrogen) atoms. The van der Waals surface area contributed by atoms with Crippen LogP contribution < -0.4 is 15.2 Å². The Morgan fingerprint density at radius 1 is 1.00 bits per heavy atom. The Morgan fingerprint density at radius 3 is 2.32 bits per heavy atom. The van der Waals surface area contributed by atoms with Gasteiger partial charge in [-0.25, -0.2) is 0 Å². The second-order valence-electron chi connectivity index (χ2n) is 4.86. The first kappa shape index (κ1) is 12.1. The maximum absolute atomic E-state index is 5.88. The minimum absolute atomic E-state index is 0.312. The van der Waals surface area contributed by atoms with Crippen molar-refractivity contribution < 1.29 is 9.47 Å². The van der Waals surface area contributed by atoms with Crippen LogP contribution in [0.15, 0.2) is 48.5 Å². The zero-order valence-electron chi connectivity index (χ0n) is 10.9. The van der Waals surface area contributed by atoms with Gasteiger partial charge in [-0.2, -0.15) is 0 Å². The number of methoxy groups -OCH3 is 1. The molecule has 1 aliphatic rings. The minimum Gasteiger partial charge on any atom is -0.497 e. The Hall–Kier alpha value is -2.00. The molecule has 2 N–H and O–H groups in total. The van der Waals surface area contributed by atoms with E-state index in [0.717, 1.165) is 23.7 Å². The summed E-state index contributed by atoms with van der Waals surface area (Å²) in [5.74, 6) is 2.90. The van der Waals surface area contributed by atoms with Gasteiger partial charge in [0.15, 0.2) is 0 Å². The predicted octanol–water partition coefficient (Wildman–Crippen LogP) is 3.30. The number of hydrogen-bond donors (Lipinski definition) is 1. The van der Waals surface area contributed by atoms with Gasteiger partial charge in [-0.15, -0.1) is 0 Å². The first-order valence-electron chi connectivity index (χ1n) is 6.44. The summed E-state index contributed by atoms with van der Waals surface area (Å²) < 4.78 is 11.0. The van der Waals surface area contributed by atoms with E-state index in [2.05, 4.69) is 12.1 Å². The molecule has 0 saturated heterocycles. The van der Waals surface area contributed by atoms with Gasteiger partial charge in [-0.3, -0.25) is 0 Å². The summed E-state index contributed by atoms with van der Waals surface area (Å²) in [6.07, 6.45) is 1.07. The summed E-state index contributed by atoms with van der Waals surface area (Å²) in [5.41, 5.74) is 7.14. The van der Waals surface area contributed by atoms with Crippen LogP contribution in [0.5, 0.6) is 17.2 Å². The highest BCUT2D eigenvalue weighted by Gasteiger charge is 2.34. The Morgan fingerprint density at radius 2 is 1.63 bits per heavy atom. The van der Waals surface area contributed by atoms with Crippen LogP contribution in [0.1, 0.15) is 17.9 Å². The van der Waals surface area contributed by atoms with Gasteiger partial charge in [0.1, 0.15) is 17.2 Å². The highest BCUT2D eigenvalue weighted by atomic mass is 16.5. The van der Waals surface area contributed by atoms with Crippen LogP contribution in [-0.2, 0) is 0 Å². The molecule has 1 aliphatic carbocycles. The number of benzene rings is 2. The van der Waals surface area contributed by atoms with Gasteiger partial charge in [0, 0.05) is 18.0 Å². The molecular formula is C16H17NO2. The van der Waals surface area contributed by atoms with E-state index in [9.17, 15) is 0 Å². The Balaban J connectivity index is 1.78. The molecule has 2 unspecified atom stereocenters. The van der Waals surface area contributed by atoms with Crippen molar-refractivity contribution in [3.05, 3.63) is 54.1 Å². The van der Waals surface area contributed by atoms with Crippen LogP contribution in [-0.4, -0.2) is 13.2 Å². The van der Waals surface area contributed by atoms with E-state index in [1.807, 2.05) is 36.4 Å². The van der Waals surface area contributed by atoms with Crippen LogP contribution in [0.25, 0.3) is 0 Å².